The highest BCUT2D eigenvalue weighted by atomic mass is 16.6. The van der Waals surface area contributed by atoms with Gasteiger partial charge in [-0.3, -0.25) is 0 Å². The van der Waals surface area contributed by atoms with E-state index in [1.165, 1.54) is 24.6 Å². The van der Waals surface area contributed by atoms with Crippen LogP contribution >= 0.6 is 0 Å². The van der Waals surface area contributed by atoms with Crippen LogP contribution in [0.2, 0.25) is 0 Å². The lowest BCUT2D eigenvalue weighted by Crippen LogP contribution is -2.01. The van der Waals surface area contributed by atoms with Crippen LogP contribution < -0.4 is 0 Å². The number of Topliss-reactive ketones (excluding diaryl/α,β-unsaturated/α-hetero) is 1. The first-order chi connectivity index (χ1) is 9.92. The Kier molecular flexibility index (Phi) is 5.77. The summed E-state index contributed by atoms with van der Waals surface area (Å²) in [4.78, 5) is 19.4. The summed E-state index contributed by atoms with van der Waals surface area (Å²) in [7, 11) is 0. The molecule has 108 valence electrons. The maximum atomic E-state index is 10.4. The van der Waals surface area contributed by atoms with Crippen LogP contribution in [0.4, 0.5) is 5.82 Å². The molecule has 2 rings (SSSR count). The zero-order chi connectivity index (χ0) is 15.8. The molecule has 0 aliphatic rings. The largest absolute Gasteiger partial charge is 0.389 e. The highest BCUT2D eigenvalue weighted by molar-refractivity contribution is 5.72. The predicted molar refractivity (Wildman–Crippen MR) is 75.5 cm³/mol. The van der Waals surface area contributed by atoms with Gasteiger partial charge in [0.2, 0.25) is 0 Å². The first-order valence-corrected chi connectivity index (χ1v) is 6.06. The second kappa shape index (κ2) is 7.55. The van der Waals surface area contributed by atoms with Gasteiger partial charge in [-0.05, 0) is 36.5 Å². The van der Waals surface area contributed by atoms with E-state index in [1.807, 2.05) is 6.07 Å². The number of nitro groups is 1. The zero-order valence-electron chi connectivity index (χ0n) is 11.7. The summed E-state index contributed by atoms with van der Waals surface area (Å²) >= 11 is 0. The summed E-state index contributed by atoms with van der Waals surface area (Å²) in [5, 5.41) is 22.9. The molecule has 1 aromatic carbocycles. The number of nitriles is 1. The molecule has 21 heavy (non-hydrogen) atoms. The molecule has 7 nitrogen and oxygen atoms in total. The van der Waals surface area contributed by atoms with Gasteiger partial charge in [-0.1, -0.05) is 12.1 Å². The van der Waals surface area contributed by atoms with E-state index in [1.54, 1.807) is 30.5 Å². The van der Waals surface area contributed by atoms with Crippen molar-refractivity contribution in [1.82, 2.24) is 9.78 Å². The Bertz CT molecular complexity index is 664. The number of benzene rings is 1. The molecule has 0 saturated heterocycles. The van der Waals surface area contributed by atoms with Gasteiger partial charge in [-0.15, -0.1) is 0 Å². The van der Waals surface area contributed by atoms with Crippen molar-refractivity contribution in [1.29, 1.82) is 5.26 Å². The van der Waals surface area contributed by atoms with Crippen LogP contribution in [-0.4, -0.2) is 20.5 Å². The molecule has 0 aliphatic heterocycles. The summed E-state index contributed by atoms with van der Waals surface area (Å²) < 4.78 is 1.49. The van der Waals surface area contributed by atoms with E-state index in [4.69, 9.17) is 5.26 Å². The van der Waals surface area contributed by atoms with E-state index in [0.29, 0.717) is 12.1 Å². The molecule has 0 fully saturated rings. The lowest BCUT2D eigenvalue weighted by Gasteiger charge is -1.97. The summed E-state index contributed by atoms with van der Waals surface area (Å²) in [6.45, 7) is 3.50. The highest BCUT2D eigenvalue weighted by Gasteiger charge is 2.10. The molecule has 0 spiro atoms. The van der Waals surface area contributed by atoms with Gasteiger partial charge in [0.05, 0.1) is 35.5 Å². The van der Waals surface area contributed by atoms with Gasteiger partial charge in [0, 0.05) is 0 Å². The molecule has 0 N–H and O–H groups in total. The number of aromatic nitrogens is 2. The number of ketones is 1. The average Bonchev–Trinajstić information content (AvgIpc) is 2.88. The lowest BCUT2D eigenvalue weighted by atomic mass is 10.1. The van der Waals surface area contributed by atoms with Crippen molar-refractivity contribution < 1.29 is 9.72 Å². The Morgan fingerprint density at radius 1 is 1.33 bits per heavy atom. The molecule has 1 heterocycles. The molecule has 0 amide bonds. The SMILES string of the molecule is CC(C)=O.N#Cc1ccc(Cn2ccc([N+](=O)[O-])n2)cc1. The molecular formula is C14H14N4O3. The maximum absolute atomic E-state index is 10.4. The third kappa shape index (κ3) is 5.65. The Morgan fingerprint density at radius 2 is 1.90 bits per heavy atom. The fourth-order valence-electron chi connectivity index (χ4n) is 1.41. The standard InChI is InChI=1S/C11H8N4O2.C3H6O/c12-7-9-1-3-10(4-2-9)8-14-6-5-11(13-14)15(16)17;1-3(2)4/h1-6H,8H2;1-2H3. The van der Waals surface area contributed by atoms with Crippen molar-refractivity contribution in [3.8, 4) is 6.07 Å². The van der Waals surface area contributed by atoms with E-state index in [0.717, 1.165) is 5.56 Å². The van der Waals surface area contributed by atoms with Gasteiger partial charge >= 0.3 is 5.82 Å². The van der Waals surface area contributed by atoms with Gasteiger partial charge in [-0.25, -0.2) is 0 Å². The van der Waals surface area contributed by atoms with Crippen LogP contribution in [0.1, 0.15) is 25.0 Å². The van der Waals surface area contributed by atoms with Gasteiger partial charge in [0.25, 0.3) is 0 Å². The molecule has 0 aliphatic carbocycles. The maximum Gasteiger partial charge on any atom is 0.389 e. The number of carbonyl (C=O) groups excluding carboxylic acids is 1. The molecule has 0 radical (unpaired) electrons. The minimum Gasteiger partial charge on any atom is -0.358 e. The minimum atomic E-state index is -0.532. The molecule has 0 saturated carbocycles. The second-order valence-electron chi connectivity index (χ2n) is 4.35. The smallest absolute Gasteiger partial charge is 0.358 e. The summed E-state index contributed by atoms with van der Waals surface area (Å²) in [6, 6.07) is 10.4. The summed E-state index contributed by atoms with van der Waals surface area (Å²) in [5.41, 5.74) is 1.52. The van der Waals surface area contributed by atoms with Crippen LogP contribution in [0.25, 0.3) is 0 Å². The van der Waals surface area contributed by atoms with Crippen molar-refractivity contribution in [3.63, 3.8) is 0 Å². The third-order valence-electron chi connectivity index (χ3n) is 2.24. The Morgan fingerprint density at radius 3 is 2.33 bits per heavy atom. The van der Waals surface area contributed by atoms with Crippen LogP contribution in [0, 0.1) is 21.4 Å². The van der Waals surface area contributed by atoms with Crippen molar-refractivity contribution >= 4 is 11.6 Å². The molecule has 0 unspecified atom stereocenters. The normalized spacial score (nSPS) is 9.19. The Balaban J connectivity index is 0.000000491. The fourth-order valence-corrected chi connectivity index (χ4v) is 1.41. The van der Waals surface area contributed by atoms with Crippen molar-refractivity contribution in [3.05, 3.63) is 57.8 Å². The van der Waals surface area contributed by atoms with Crippen molar-refractivity contribution in [2.75, 3.05) is 0 Å². The van der Waals surface area contributed by atoms with Gasteiger partial charge in [0.15, 0.2) is 0 Å². The van der Waals surface area contributed by atoms with Crippen LogP contribution in [0.15, 0.2) is 36.5 Å². The van der Waals surface area contributed by atoms with Gasteiger partial charge in [-0.2, -0.15) is 9.94 Å². The van der Waals surface area contributed by atoms with Gasteiger partial charge < -0.3 is 14.9 Å². The first kappa shape index (κ1) is 16.0. The predicted octanol–water partition coefficient (Wildman–Crippen LogP) is 2.31. The van der Waals surface area contributed by atoms with Crippen LogP contribution in [0.3, 0.4) is 0 Å². The molecule has 1 aromatic heterocycles. The monoisotopic (exact) mass is 286 g/mol. The Hall–Kier alpha value is -3.01. The van der Waals surface area contributed by atoms with E-state index in [2.05, 4.69) is 5.10 Å². The van der Waals surface area contributed by atoms with E-state index in [-0.39, 0.29) is 11.6 Å². The number of hydrogen-bond acceptors (Lipinski definition) is 5. The molecular weight excluding hydrogens is 272 g/mol. The van der Waals surface area contributed by atoms with Gasteiger partial charge in [0.1, 0.15) is 5.78 Å². The molecule has 0 bridgehead atoms. The fraction of sp³-hybridized carbons (Fsp3) is 0.214. The first-order valence-electron chi connectivity index (χ1n) is 6.06. The lowest BCUT2D eigenvalue weighted by molar-refractivity contribution is -0.389. The molecule has 7 heteroatoms. The Labute approximate surface area is 121 Å². The number of nitrogens with zero attached hydrogens (tertiary/aromatic N) is 4. The van der Waals surface area contributed by atoms with E-state index >= 15 is 0 Å². The summed E-state index contributed by atoms with van der Waals surface area (Å²) in [6.07, 6.45) is 1.55. The number of carbonyl (C=O) groups is 1. The van der Waals surface area contributed by atoms with Crippen LogP contribution in [-0.2, 0) is 11.3 Å². The minimum absolute atomic E-state index is 0.167. The average molecular weight is 286 g/mol. The molecule has 2 aromatic rings. The quantitative estimate of drug-likeness (QED) is 0.636. The summed E-state index contributed by atoms with van der Waals surface area (Å²) in [5.74, 6) is -0.00125. The topological polar surface area (TPSA) is 102 Å². The van der Waals surface area contributed by atoms with E-state index < -0.39 is 4.92 Å². The molecule has 0 atom stereocenters. The highest BCUT2D eigenvalue weighted by Crippen LogP contribution is 2.09. The van der Waals surface area contributed by atoms with E-state index in [9.17, 15) is 14.9 Å². The third-order valence-corrected chi connectivity index (χ3v) is 2.24. The van der Waals surface area contributed by atoms with Crippen molar-refractivity contribution in [2.45, 2.75) is 20.4 Å². The van der Waals surface area contributed by atoms with Crippen LogP contribution in [0.5, 0.6) is 0 Å². The second-order valence-corrected chi connectivity index (χ2v) is 4.35. The number of rotatable bonds is 3. The number of hydrogen-bond donors (Lipinski definition) is 0. The zero-order valence-corrected chi connectivity index (χ0v) is 11.7. The van der Waals surface area contributed by atoms with Crippen molar-refractivity contribution in [2.24, 2.45) is 0 Å².